The standard InChI is InChI=1S/C42H41N3/c1-6-9-18-40(24-20-33(4)35(8-3)14-7-2)45(41-26-22-37(23-27-41)36-16-11-10-12-17-36)42-30-28-39(29-31-42)44(5)38-19-13-15-34(32-43)21-25-38/h6-14,16-17,19-31H,2-3,15,18H2,1,4-5H3/b9-6-,33-20+,35-14+,40-24+. The van der Waals surface area contributed by atoms with Gasteiger partial charge < -0.3 is 9.80 Å². The second kappa shape index (κ2) is 16.3. The van der Waals surface area contributed by atoms with Crippen molar-refractivity contribution in [3.63, 3.8) is 0 Å². The fraction of sp³-hybridized carbons (Fsp3) is 0.119. The van der Waals surface area contributed by atoms with Crippen LogP contribution in [0.5, 0.6) is 0 Å². The van der Waals surface area contributed by atoms with Crippen molar-refractivity contribution >= 4 is 17.1 Å². The molecule has 3 heteroatoms. The van der Waals surface area contributed by atoms with Gasteiger partial charge in [-0.2, -0.15) is 5.26 Å². The zero-order chi connectivity index (χ0) is 32.0. The number of likely N-dealkylation sites (N-methyl/N-ethyl adjacent to an activating group) is 1. The van der Waals surface area contributed by atoms with Gasteiger partial charge in [0, 0.05) is 53.9 Å². The summed E-state index contributed by atoms with van der Waals surface area (Å²) in [5.74, 6) is 0. The molecule has 224 valence electrons. The van der Waals surface area contributed by atoms with Crippen molar-refractivity contribution in [2.24, 2.45) is 0 Å². The first-order chi connectivity index (χ1) is 22.0. The van der Waals surface area contributed by atoms with Crippen LogP contribution >= 0.6 is 0 Å². The minimum Gasteiger partial charge on any atom is -0.345 e. The summed E-state index contributed by atoms with van der Waals surface area (Å²) in [6.45, 7) is 12.0. The van der Waals surface area contributed by atoms with Gasteiger partial charge in [-0.15, -0.1) is 0 Å². The molecule has 0 atom stereocenters. The number of nitrogens with zero attached hydrogens (tertiary/aromatic N) is 3. The lowest BCUT2D eigenvalue weighted by Gasteiger charge is -2.29. The Bertz CT molecular complexity index is 1730. The van der Waals surface area contributed by atoms with Crippen LogP contribution in [0.15, 0.2) is 187 Å². The van der Waals surface area contributed by atoms with E-state index in [1.807, 2.05) is 36.4 Å². The quantitative estimate of drug-likeness (QED) is 0.156. The molecule has 0 amide bonds. The molecule has 0 radical (unpaired) electrons. The summed E-state index contributed by atoms with van der Waals surface area (Å²) in [6.07, 6.45) is 23.7. The molecule has 0 fully saturated rings. The van der Waals surface area contributed by atoms with Gasteiger partial charge in [0.05, 0.1) is 6.07 Å². The van der Waals surface area contributed by atoms with E-state index in [1.165, 1.54) is 11.1 Å². The Hall–Kier alpha value is -5.59. The van der Waals surface area contributed by atoms with Gasteiger partial charge in [0.25, 0.3) is 0 Å². The number of rotatable bonds is 12. The number of nitriles is 1. The Morgan fingerprint density at radius 3 is 2.11 bits per heavy atom. The van der Waals surface area contributed by atoms with E-state index in [-0.39, 0.29) is 0 Å². The van der Waals surface area contributed by atoms with E-state index >= 15 is 0 Å². The van der Waals surface area contributed by atoms with Crippen molar-refractivity contribution in [1.82, 2.24) is 0 Å². The largest absolute Gasteiger partial charge is 0.345 e. The number of hydrogen-bond acceptors (Lipinski definition) is 3. The van der Waals surface area contributed by atoms with Crippen molar-refractivity contribution in [2.75, 3.05) is 16.8 Å². The molecule has 0 saturated carbocycles. The predicted molar refractivity (Wildman–Crippen MR) is 194 cm³/mol. The molecule has 0 unspecified atom stereocenters. The van der Waals surface area contributed by atoms with Crippen LogP contribution < -0.4 is 9.80 Å². The minimum atomic E-state index is 0.647. The summed E-state index contributed by atoms with van der Waals surface area (Å²) in [4.78, 5) is 4.46. The van der Waals surface area contributed by atoms with Gasteiger partial charge in [0.2, 0.25) is 0 Å². The maximum Gasteiger partial charge on any atom is 0.0950 e. The van der Waals surface area contributed by atoms with Crippen LogP contribution in [-0.2, 0) is 0 Å². The summed E-state index contributed by atoms with van der Waals surface area (Å²) in [5, 5.41) is 9.32. The fourth-order valence-electron chi connectivity index (χ4n) is 5.09. The molecule has 0 heterocycles. The van der Waals surface area contributed by atoms with E-state index < -0.39 is 0 Å². The van der Waals surface area contributed by atoms with Crippen molar-refractivity contribution in [3.8, 4) is 17.2 Å². The Morgan fingerprint density at radius 1 is 0.844 bits per heavy atom. The number of anilines is 3. The highest BCUT2D eigenvalue weighted by molar-refractivity contribution is 5.74. The summed E-state index contributed by atoms with van der Waals surface area (Å²) in [5.41, 5.74) is 10.6. The van der Waals surface area contributed by atoms with E-state index in [0.29, 0.717) is 6.42 Å². The molecule has 3 aromatic carbocycles. The zero-order valence-corrected chi connectivity index (χ0v) is 26.5. The lowest BCUT2D eigenvalue weighted by atomic mass is 10.0. The molecule has 0 saturated heterocycles. The van der Waals surface area contributed by atoms with E-state index in [2.05, 4.69) is 153 Å². The molecule has 45 heavy (non-hydrogen) atoms. The summed E-state index contributed by atoms with van der Waals surface area (Å²) < 4.78 is 0. The predicted octanol–water partition coefficient (Wildman–Crippen LogP) is 11.3. The van der Waals surface area contributed by atoms with Crippen molar-refractivity contribution in [1.29, 1.82) is 5.26 Å². The minimum absolute atomic E-state index is 0.647. The van der Waals surface area contributed by atoms with Crippen LogP contribution in [0.3, 0.4) is 0 Å². The van der Waals surface area contributed by atoms with Crippen LogP contribution in [-0.4, -0.2) is 7.05 Å². The molecule has 0 bridgehead atoms. The lowest BCUT2D eigenvalue weighted by molar-refractivity contribution is 1.07. The summed E-state index contributed by atoms with van der Waals surface area (Å²) >= 11 is 0. The van der Waals surface area contributed by atoms with E-state index in [9.17, 15) is 5.26 Å². The van der Waals surface area contributed by atoms with Gasteiger partial charge in [0.1, 0.15) is 0 Å². The third-order valence-corrected chi connectivity index (χ3v) is 7.69. The first kappa shape index (κ1) is 32.3. The number of allylic oxidation sites excluding steroid dienone is 14. The monoisotopic (exact) mass is 587 g/mol. The third-order valence-electron chi connectivity index (χ3n) is 7.69. The van der Waals surface area contributed by atoms with Crippen LogP contribution in [0.25, 0.3) is 11.1 Å². The molecule has 0 spiro atoms. The second-order valence-electron chi connectivity index (χ2n) is 10.7. The average Bonchev–Trinajstić information content (AvgIpc) is 3.34. The van der Waals surface area contributed by atoms with Gasteiger partial charge in [-0.1, -0.05) is 98.2 Å². The van der Waals surface area contributed by atoms with Crippen molar-refractivity contribution < 1.29 is 0 Å². The van der Waals surface area contributed by atoms with Crippen molar-refractivity contribution in [2.45, 2.75) is 26.7 Å². The number of hydrogen-bond donors (Lipinski definition) is 0. The third kappa shape index (κ3) is 8.50. The second-order valence-corrected chi connectivity index (χ2v) is 10.7. The smallest absolute Gasteiger partial charge is 0.0950 e. The molecule has 0 aromatic heterocycles. The number of benzene rings is 3. The molecular formula is C42H41N3. The van der Waals surface area contributed by atoms with Crippen LogP contribution in [0.2, 0.25) is 0 Å². The Kier molecular flexibility index (Phi) is 11.7. The van der Waals surface area contributed by atoms with Gasteiger partial charge >= 0.3 is 0 Å². The van der Waals surface area contributed by atoms with Crippen LogP contribution in [0, 0.1) is 11.3 Å². The van der Waals surface area contributed by atoms with E-state index in [4.69, 9.17) is 0 Å². The van der Waals surface area contributed by atoms with Crippen LogP contribution in [0.4, 0.5) is 17.1 Å². The molecule has 0 aliphatic heterocycles. The molecule has 4 rings (SSSR count). The summed E-state index contributed by atoms with van der Waals surface area (Å²) in [6, 6.07) is 30.1. The molecule has 3 aromatic rings. The first-order valence-electron chi connectivity index (χ1n) is 15.2. The van der Waals surface area contributed by atoms with Crippen LogP contribution in [0.1, 0.15) is 26.7 Å². The van der Waals surface area contributed by atoms with Crippen molar-refractivity contribution in [3.05, 3.63) is 187 Å². The van der Waals surface area contributed by atoms with Gasteiger partial charge in [-0.05, 0) is 96.8 Å². The maximum atomic E-state index is 9.32. The van der Waals surface area contributed by atoms with Gasteiger partial charge in [-0.3, -0.25) is 0 Å². The van der Waals surface area contributed by atoms with Gasteiger partial charge in [-0.25, -0.2) is 0 Å². The molecular weight excluding hydrogens is 546 g/mol. The molecule has 3 nitrogen and oxygen atoms in total. The first-order valence-corrected chi connectivity index (χ1v) is 15.2. The Morgan fingerprint density at radius 2 is 1.49 bits per heavy atom. The average molecular weight is 588 g/mol. The summed E-state index contributed by atoms with van der Waals surface area (Å²) in [7, 11) is 2.05. The molecule has 1 aliphatic carbocycles. The van der Waals surface area contributed by atoms with E-state index in [1.54, 1.807) is 6.08 Å². The SMILES string of the molecule is C=C/C=C(C=C)/C(C)=C/C=C(\C/C=C\C)N(c1ccc(-c2ccccc2)cc1)c1ccc(N(C)C2=CC=C(C#N)CC=C2)cc1. The van der Waals surface area contributed by atoms with E-state index in [0.717, 1.165) is 51.6 Å². The highest BCUT2D eigenvalue weighted by Gasteiger charge is 2.16. The van der Waals surface area contributed by atoms with Gasteiger partial charge in [0.15, 0.2) is 0 Å². The zero-order valence-electron chi connectivity index (χ0n) is 26.5. The highest BCUT2D eigenvalue weighted by Crippen LogP contribution is 2.35. The molecule has 0 N–H and O–H groups in total. The highest BCUT2D eigenvalue weighted by atomic mass is 15.2. The fourth-order valence-corrected chi connectivity index (χ4v) is 5.09. The molecule has 1 aliphatic rings. The Labute approximate surface area is 269 Å². The normalized spacial score (nSPS) is 13.9. The Balaban J connectivity index is 1.78. The lowest BCUT2D eigenvalue weighted by Crippen LogP contribution is -2.17. The topological polar surface area (TPSA) is 30.3 Å². The maximum absolute atomic E-state index is 9.32.